The van der Waals surface area contributed by atoms with Crippen molar-refractivity contribution in [3.63, 3.8) is 0 Å². The number of halogens is 1. The molecule has 2 amide bonds. The van der Waals surface area contributed by atoms with E-state index in [0.717, 1.165) is 11.0 Å². The van der Waals surface area contributed by atoms with Crippen LogP contribution in [0, 0.1) is 5.82 Å². The average Bonchev–Trinajstić information content (AvgIpc) is 2.73. The Labute approximate surface area is 114 Å². The van der Waals surface area contributed by atoms with Crippen molar-refractivity contribution in [2.45, 2.75) is 25.4 Å². The summed E-state index contributed by atoms with van der Waals surface area (Å²) >= 11 is 0. The standard InChI is InChI=1S/C13H13FN2O4/c14-9-2-1-7(12(15)18)5-8(9)6-16-10(13(19)20)3-4-11(16)17/h1-2,5,10H,3-4,6H2,(H2,15,18)(H,19,20). The maximum Gasteiger partial charge on any atom is 0.326 e. The first-order valence-corrected chi connectivity index (χ1v) is 6.00. The molecule has 3 N–H and O–H groups in total. The summed E-state index contributed by atoms with van der Waals surface area (Å²) in [5.74, 6) is -2.80. The van der Waals surface area contributed by atoms with Crippen LogP contribution in [0.15, 0.2) is 18.2 Å². The van der Waals surface area contributed by atoms with Crippen LogP contribution < -0.4 is 5.73 Å². The molecule has 1 unspecified atom stereocenters. The Morgan fingerprint density at radius 1 is 1.45 bits per heavy atom. The lowest BCUT2D eigenvalue weighted by Gasteiger charge is -2.22. The highest BCUT2D eigenvalue weighted by Crippen LogP contribution is 2.23. The first kappa shape index (κ1) is 14.0. The van der Waals surface area contributed by atoms with Gasteiger partial charge in [0.15, 0.2) is 0 Å². The molecular formula is C13H13FN2O4. The van der Waals surface area contributed by atoms with Gasteiger partial charge >= 0.3 is 5.97 Å². The molecule has 6 nitrogen and oxygen atoms in total. The molecule has 0 aliphatic carbocycles. The number of rotatable bonds is 4. The van der Waals surface area contributed by atoms with Gasteiger partial charge in [0.25, 0.3) is 0 Å². The molecule has 20 heavy (non-hydrogen) atoms. The molecule has 2 rings (SSSR count). The number of nitrogens with two attached hydrogens (primary N) is 1. The van der Waals surface area contributed by atoms with Gasteiger partial charge in [-0.3, -0.25) is 9.59 Å². The summed E-state index contributed by atoms with van der Waals surface area (Å²) in [6.07, 6.45) is 0.319. The van der Waals surface area contributed by atoms with Crippen LogP contribution in [-0.2, 0) is 16.1 Å². The third-order valence-electron chi connectivity index (χ3n) is 3.28. The van der Waals surface area contributed by atoms with Crippen LogP contribution >= 0.6 is 0 Å². The van der Waals surface area contributed by atoms with Crippen LogP contribution in [0.3, 0.4) is 0 Å². The van der Waals surface area contributed by atoms with E-state index in [0.29, 0.717) is 0 Å². The zero-order valence-electron chi connectivity index (χ0n) is 10.5. The molecule has 1 fully saturated rings. The van der Waals surface area contributed by atoms with Gasteiger partial charge in [0.05, 0.1) is 0 Å². The van der Waals surface area contributed by atoms with E-state index in [1.54, 1.807) is 0 Å². The van der Waals surface area contributed by atoms with E-state index >= 15 is 0 Å². The highest BCUT2D eigenvalue weighted by atomic mass is 19.1. The number of amides is 2. The van der Waals surface area contributed by atoms with Crippen molar-refractivity contribution in [2.75, 3.05) is 0 Å². The largest absolute Gasteiger partial charge is 0.480 e. The number of hydrogen-bond acceptors (Lipinski definition) is 3. The molecule has 0 bridgehead atoms. The van der Waals surface area contributed by atoms with E-state index in [-0.39, 0.29) is 36.4 Å². The van der Waals surface area contributed by atoms with Crippen molar-refractivity contribution < 1.29 is 23.9 Å². The van der Waals surface area contributed by atoms with Crippen molar-refractivity contribution in [1.29, 1.82) is 0 Å². The van der Waals surface area contributed by atoms with E-state index in [9.17, 15) is 18.8 Å². The highest BCUT2D eigenvalue weighted by molar-refractivity contribution is 5.93. The van der Waals surface area contributed by atoms with Gasteiger partial charge in [-0.2, -0.15) is 0 Å². The summed E-state index contributed by atoms with van der Waals surface area (Å²) in [6, 6.07) is 2.59. The lowest BCUT2D eigenvalue weighted by Crippen LogP contribution is -2.38. The Kier molecular flexibility index (Phi) is 3.69. The summed E-state index contributed by atoms with van der Waals surface area (Å²) < 4.78 is 13.7. The maximum atomic E-state index is 13.7. The van der Waals surface area contributed by atoms with Crippen LogP contribution in [-0.4, -0.2) is 33.8 Å². The lowest BCUT2D eigenvalue weighted by atomic mass is 10.1. The lowest BCUT2D eigenvalue weighted by molar-refractivity contribution is -0.146. The molecule has 1 aromatic carbocycles. The maximum absolute atomic E-state index is 13.7. The topological polar surface area (TPSA) is 101 Å². The zero-order chi connectivity index (χ0) is 14.9. The monoisotopic (exact) mass is 280 g/mol. The molecule has 0 radical (unpaired) electrons. The molecule has 1 aliphatic rings. The molecule has 7 heteroatoms. The number of carboxylic acids is 1. The first-order valence-electron chi connectivity index (χ1n) is 6.00. The normalized spacial score (nSPS) is 18.4. The smallest absolute Gasteiger partial charge is 0.326 e. The SMILES string of the molecule is NC(=O)c1ccc(F)c(CN2C(=O)CCC2C(=O)O)c1. The second-order valence-corrected chi connectivity index (χ2v) is 4.58. The first-order chi connectivity index (χ1) is 9.40. The number of likely N-dealkylation sites (tertiary alicyclic amines) is 1. The minimum absolute atomic E-state index is 0.0720. The fourth-order valence-electron chi connectivity index (χ4n) is 2.22. The van der Waals surface area contributed by atoms with Gasteiger partial charge in [-0.1, -0.05) is 0 Å². The Hall–Kier alpha value is -2.44. The summed E-state index contributed by atoms with van der Waals surface area (Å²) in [6.45, 7) is -0.192. The Morgan fingerprint density at radius 3 is 2.75 bits per heavy atom. The van der Waals surface area contributed by atoms with E-state index in [4.69, 9.17) is 10.8 Å². The van der Waals surface area contributed by atoms with E-state index < -0.39 is 23.7 Å². The number of carbonyl (C=O) groups is 3. The minimum atomic E-state index is -1.12. The number of carbonyl (C=O) groups excluding carboxylic acids is 2. The third kappa shape index (κ3) is 2.61. The Balaban J connectivity index is 2.28. The fraction of sp³-hybridized carbons (Fsp3) is 0.308. The van der Waals surface area contributed by atoms with Crippen molar-refractivity contribution in [1.82, 2.24) is 4.90 Å². The molecule has 1 saturated heterocycles. The third-order valence-corrected chi connectivity index (χ3v) is 3.28. The van der Waals surface area contributed by atoms with E-state index in [2.05, 4.69) is 0 Å². The zero-order valence-corrected chi connectivity index (χ0v) is 10.5. The van der Waals surface area contributed by atoms with Gasteiger partial charge in [-0.05, 0) is 24.6 Å². The average molecular weight is 280 g/mol. The van der Waals surface area contributed by atoms with Gasteiger partial charge in [0, 0.05) is 24.1 Å². The number of hydrogen-bond donors (Lipinski definition) is 2. The van der Waals surface area contributed by atoms with Crippen LogP contribution in [0.2, 0.25) is 0 Å². The molecule has 1 atom stereocenters. The van der Waals surface area contributed by atoms with Crippen molar-refractivity contribution in [2.24, 2.45) is 5.73 Å². The molecule has 0 saturated carbocycles. The van der Waals surface area contributed by atoms with Gasteiger partial charge in [0.2, 0.25) is 11.8 Å². The fourth-order valence-corrected chi connectivity index (χ4v) is 2.22. The molecule has 1 aromatic rings. The number of aliphatic carboxylic acids is 1. The Morgan fingerprint density at radius 2 is 2.15 bits per heavy atom. The van der Waals surface area contributed by atoms with E-state index in [1.165, 1.54) is 12.1 Å². The van der Waals surface area contributed by atoms with Gasteiger partial charge < -0.3 is 15.7 Å². The summed E-state index contributed by atoms with van der Waals surface area (Å²) in [4.78, 5) is 34.9. The predicted molar refractivity (Wildman–Crippen MR) is 66.1 cm³/mol. The summed E-state index contributed by atoms with van der Waals surface area (Å²) in [5, 5.41) is 9.03. The molecule has 1 heterocycles. The van der Waals surface area contributed by atoms with Gasteiger partial charge in [0.1, 0.15) is 11.9 Å². The van der Waals surface area contributed by atoms with Crippen molar-refractivity contribution in [3.05, 3.63) is 35.1 Å². The van der Waals surface area contributed by atoms with E-state index in [1.807, 2.05) is 0 Å². The molecular weight excluding hydrogens is 267 g/mol. The predicted octanol–water partition coefficient (Wildman–Crippen LogP) is 0.500. The van der Waals surface area contributed by atoms with Crippen LogP contribution in [0.25, 0.3) is 0 Å². The van der Waals surface area contributed by atoms with Crippen LogP contribution in [0.4, 0.5) is 4.39 Å². The second-order valence-electron chi connectivity index (χ2n) is 4.58. The van der Waals surface area contributed by atoms with Gasteiger partial charge in [-0.15, -0.1) is 0 Å². The molecule has 106 valence electrons. The quantitative estimate of drug-likeness (QED) is 0.838. The number of primary amides is 1. The van der Waals surface area contributed by atoms with Gasteiger partial charge in [-0.25, -0.2) is 9.18 Å². The minimum Gasteiger partial charge on any atom is -0.480 e. The number of nitrogens with zero attached hydrogens (tertiary/aromatic N) is 1. The van der Waals surface area contributed by atoms with Crippen LogP contribution in [0.5, 0.6) is 0 Å². The van der Waals surface area contributed by atoms with Crippen molar-refractivity contribution >= 4 is 17.8 Å². The summed E-state index contributed by atoms with van der Waals surface area (Å²) in [5.41, 5.74) is 5.29. The number of carboxylic acid groups (broad SMARTS) is 1. The molecule has 0 aromatic heterocycles. The Bertz CT molecular complexity index is 588. The summed E-state index contributed by atoms with van der Waals surface area (Å²) in [7, 11) is 0. The van der Waals surface area contributed by atoms with Crippen molar-refractivity contribution in [3.8, 4) is 0 Å². The second kappa shape index (κ2) is 5.28. The number of benzene rings is 1. The highest BCUT2D eigenvalue weighted by Gasteiger charge is 2.36. The molecule has 1 aliphatic heterocycles. The molecule has 0 spiro atoms. The van der Waals surface area contributed by atoms with Crippen LogP contribution in [0.1, 0.15) is 28.8 Å².